The van der Waals surface area contributed by atoms with Crippen molar-refractivity contribution in [1.82, 2.24) is 0 Å². The normalized spacial score (nSPS) is 11.9. The SMILES string of the molecule is COc1ccc(C(Cc2ccc(-c3ccccc3)o2)C(=O)O)cc1. The molecule has 2 aromatic carbocycles. The molecule has 0 radical (unpaired) electrons. The van der Waals surface area contributed by atoms with Crippen molar-refractivity contribution in [3.63, 3.8) is 0 Å². The largest absolute Gasteiger partial charge is 0.497 e. The van der Waals surface area contributed by atoms with Crippen LogP contribution in [0.1, 0.15) is 17.2 Å². The number of furan rings is 1. The zero-order valence-corrected chi connectivity index (χ0v) is 13.3. The van der Waals surface area contributed by atoms with Crippen LogP contribution in [0.3, 0.4) is 0 Å². The Kier molecular flexibility index (Phi) is 4.66. The van der Waals surface area contributed by atoms with Crippen molar-refractivity contribution in [3.8, 4) is 17.1 Å². The minimum atomic E-state index is -0.877. The summed E-state index contributed by atoms with van der Waals surface area (Å²) in [5.74, 6) is 0.553. The third-order valence-corrected chi connectivity index (χ3v) is 3.94. The Hall–Kier alpha value is -3.01. The van der Waals surface area contributed by atoms with Crippen LogP contribution in [-0.2, 0) is 11.2 Å². The number of hydrogen-bond acceptors (Lipinski definition) is 3. The number of ether oxygens (including phenoxy) is 1. The van der Waals surface area contributed by atoms with E-state index in [2.05, 4.69) is 0 Å². The Morgan fingerprint density at radius 2 is 1.75 bits per heavy atom. The summed E-state index contributed by atoms with van der Waals surface area (Å²) in [6.07, 6.45) is 0.300. The van der Waals surface area contributed by atoms with E-state index in [1.165, 1.54) is 0 Å². The number of benzene rings is 2. The molecular weight excluding hydrogens is 304 g/mol. The van der Waals surface area contributed by atoms with Gasteiger partial charge in [0.15, 0.2) is 0 Å². The molecule has 0 saturated heterocycles. The van der Waals surface area contributed by atoms with E-state index < -0.39 is 11.9 Å². The monoisotopic (exact) mass is 322 g/mol. The summed E-state index contributed by atoms with van der Waals surface area (Å²) in [5, 5.41) is 9.57. The molecule has 1 atom stereocenters. The molecule has 0 bridgehead atoms. The van der Waals surface area contributed by atoms with Gasteiger partial charge in [0.1, 0.15) is 17.3 Å². The van der Waals surface area contributed by atoms with Crippen LogP contribution in [0.2, 0.25) is 0 Å². The zero-order valence-electron chi connectivity index (χ0n) is 13.3. The van der Waals surface area contributed by atoms with Crippen LogP contribution in [0.15, 0.2) is 71.1 Å². The van der Waals surface area contributed by atoms with Crippen molar-refractivity contribution in [3.05, 3.63) is 78.1 Å². The molecule has 0 aliphatic rings. The maximum Gasteiger partial charge on any atom is 0.311 e. The average molecular weight is 322 g/mol. The van der Waals surface area contributed by atoms with E-state index in [4.69, 9.17) is 9.15 Å². The highest BCUT2D eigenvalue weighted by Crippen LogP contribution is 2.27. The topological polar surface area (TPSA) is 59.7 Å². The number of carboxylic acids is 1. The van der Waals surface area contributed by atoms with Gasteiger partial charge in [-0.05, 0) is 29.8 Å². The van der Waals surface area contributed by atoms with Crippen molar-refractivity contribution >= 4 is 5.97 Å². The van der Waals surface area contributed by atoms with E-state index in [9.17, 15) is 9.90 Å². The van der Waals surface area contributed by atoms with Gasteiger partial charge < -0.3 is 14.3 Å². The Labute approximate surface area is 140 Å². The van der Waals surface area contributed by atoms with Crippen LogP contribution in [0, 0.1) is 0 Å². The lowest BCUT2D eigenvalue weighted by atomic mass is 9.95. The number of rotatable bonds is 6. The number of carbonyl (C=O) groups is 1. The highest BCUT2D eigenvalue weighted by atomic mass is 16.5. The Balaban J connectivity index is 1.81. The molecule has 0 aliphatic carbocycles. The van der Waals surface area contributed by atoms with E-state index >= 15 is 0 Å². The number of carboxylic acid groups (broad SMARTS) is 1. The molecular formula is C20H18O4. The summed E-state index contributed by atoms with van der Waals surface area (Å²) in [4.78, 5) is 11.7. The summed E-state index contributed by atoms with van der Waals surface area (Å²) < 4.78 is 10.9. The van der Waals surface area contributed by atoms with Crippen molar-refractivity contribution < 1.29 is 19.1 Å². The van der Waals surface area contributed by atoms with Crippen LogP contribution in [0.5, 0.6) is 5.75 Å². The second-order valence-corrected chi connectivity index (χ2v) is 5.50. The first kappa shape index (κ1) is 15.9. The number of hydrogen-bond donors (Lipinski definition) is 1. The minimum absolute atomic E-state index is 0.300. The van der Waals surface area contributed by atoms with Crippen molar-refractivity contribution in [1.29, 1.82) is 0 Å². The van der Waals surface area contributed by atoms with Crippen LogP contribution in [-0.4, -0.2) is 18.2 Å². The van der Waals surface area contributed by atoms with Crippen LogP contribution in [0.25, 0.3) is 11.3 Å². The van der Waals surface area contributed by atoms with Crippen LogP contribution >= 0.6 is 0 Å². The fourth-order valence-corrected chi connectivity index (χ4v) is 2.63. The summed E-state index contributed by atoms with van der Waals surface area (Å²) in [5.41, 5.74) is 1.70. The quantitative estimate of drug-likeness (QED) is 0.732. The second kappa shape index (κ2) is 7.04. The van der Waals surface area contributed by atoms with Gasteiger partial charge in [-0.1, -0.05) is 42.5 Å². The second-order valence-electron chi connectivity index (χ2n) is 5.50. The first-order valence-electron chi connectivity index (χ1n) is 7.68. The van der Waals surface area contributed by atoms with Gasteiger partial charge >= 0.3 is 5.97 Å². The van der Waals surface area contributed by atoms with Gasteiger partial charge in [-0.15, -0.1) is 0 Å². The van der Waals surface area contributed by atoms with E-state index in [1.807, 2.05) is 42.5 Å². The molecule has 4 heteroatoms. The molecule has 1 unspecified atom stereocenters. The molecule has 1 heterocycles. The average Bonchev–Trinajstić information content (AvgIpc) is 3.09. The molecule has 0 spiro atoms. The molecule has 3 aromatic rings. The van der Waals surface area contributed by atoms with Crippen LogP contribution in [0.4, 0.5) is 0 Å². The smallest absolute Gasteiger partial charge is 0.311 e. The standard InChI is InChI=1S/C20H18O4/c1-23-16-9-7-14(8-10-16)18(20(21)22)13-17-11-12-19(24-17)15-5-3-2-4-6-15/h2-12,18H,13H2,1H3,(H,21,22). The fraction of sp³-hybridized carbons (Fsp3) is 0.150. The highest BCUT2D eigenvalue weighted by molar-refractivity contribution is 5.76. The van der Waals surface area contributed by atoms with E-state index in [0.717, 1.165) is 16.9 Å². The minimum Gasteiger partial charge on any atom is -0.497 e. The van der Waals surface area contributed by atoms with Crippen molar-refractivity contribution in [2.75, 3.05) is 7.11 Å². The van der Waals surface area contributed by atoms with Gasteiger partial charge in [-0.3, -0.25) is 4.79 Å². The summed E-state index contributed by atoms with van der Waals surface area (Å²) in [7, 11) is 1.58. The number of aliphatic carboxylic acids is 1. The van der Waals surface area contributed by atoms with Gasteiger partial charge in [0, 0.05) is 12.0 Å². The molecule has 0 aliphatic heterocycles. The third kappa shape index (κ3) is 3.49. The molecule has 0 saturated carbocycles. The maximum absolute atomic E-state index is 11.7. The summed E-state index contributed by atoms with van der Waals surface area (Å²) in [6, 6.07) is 20.5. The van der Waals surface area contributed by atoms with E-state index in [1.54, 1.807) is 31.4 Å². The van der Waals surface area contributed by atoms with Gasteiger partial charge in [-0.25, -0.2) is 0 Å². The molecule has 1 aromatic heterocycles. The van der Waals surface area contributed by atoms with Crippen molar-refractivity contribution in [2.45, 2.75) is 12.3 Å². The molecule has 3 rings (SSSR count). The molecule has 122 valence electrons. The summed E-state index contributed by atoms with van der Waals surface area (Å²) >= 11 is 0. The molecule has 0 fully saturated rings. The highest BCUT2D eigenvalue weighted by Gasteiger charge is 2.22. The Morgan fingerprint density at radius 1 is 1.04 bits per heavy atom. The zero-order chi connectivity index (χ0) is 16.9. The fourth-order valence-electron chi connectivity index (χ4n) is 2.63. The lowest BCUT2D eigenvalue weighted by Crippen LogP contribution is -2.14. The van der Waals surface area contributed by atoms with E-state index in [-0.39, 0.29) is 0 Å². The lowest BCUT2D eigenvalue weighted by Gasteiger charge is -2.12. The molecule has 24 heavy (non-hydrogen) atoms. The summed E-state index contributed by atoms with van der Waals surface area (Å²) in [6.45, 7) is 0. The van der Waals surface area contributed by atoms with E-state index in [0.29, 0.717) is 17.9 Å². The van der Waals surface area contributed by atoms with Gasteiger partial charge in [0.25, 0.3) is 0 Å². The third-order valence-electron chi connectivity index (χ3n) is 3.94. The Bertz CT molecular complexity index is 803. The molecule has 0 amide bonds. The lowest BCUT2D eigenvalue weighted by molar-refractivity contribution is -0.138. The predicted molar refractivity (Wildman–Crippen MR) is 91.2 cm³/mol. The maximum atomic E-state index is 11.7. The predicted octanol–water partition coefficient (Wildman–Crippen LogP) is 4.37. The first-order valence-corrected chi connectivity index (χ1v) is 7.68. The van der Waals surface area contributed by atoms with Gasteiger partial charge in [0.2, 0.25) is 0 Å². The van der Waals surface area contributed by atoms with Gasteiger partial charge in [-0.2, -0.15) is 0 Å². The molecule has 4 nitrogen and oxygen atoms in total. The Morgan fingerprint density at radius 3 is 2.38 bits per heavy atom. The number of methoxy groups -OCH3 is 1. The first-order chi connectivity index (χ1) is 11.7. The molecule has 1 N–H and O–H groups in total. The van der Waals surface area contributed by atoms with Gasteiger partial charge in [0.05, 0.1) is 13.0 Å². The van der Waals surface area contributed by atoms with Crippen LogP contribution < -0.4 is 4.74 Å². The van der Waals surface area contributed by atoms with Crippen molar-refractivity contribution in [2.24, 2.45) is 0 Å².